The lowest BCUT2D eigenvalue weighted by atomic mass is 10.2. The molecule has 0 aliphatic rings. The second kappa shape index (κ2) is 3.46. The smallest absolute Gasteiger partial charge is 0.339 e. The molecule has 0 radical (unpaired) electrons. The molecule has 0 bridgehead atoms. The van der Waals surface area contributed by atoms with Gasteiger partial charge in [0.1, 0.15) is 11.3 Å². The second-order valence-electron chi connectivity index (χ2n) is 2.17. The van der Waals surface area contributed by atoms with Crippen molar-refractivity contribution in [3.63, 3.8) is 0 Å². The Balaban J connectivity index is 3.34. The molecule has 6 heteroatoms. The van der Waals surface area contributed by atoms with Gasteiger partial charge in [0.25, 0.3) is 0 Å². The molecule has 1 aromatic rings. The maximum atomic E-state index is 10.5. The zero-order valence-electron chi connectivity index (χ0n) is 6.38. The summed E-state index contributed by atoms with van der Waals surface area (Å²) >= 11 is 0. The fourth-order valence-corrected chi connectivity index (χ4v) is 0.833. The van der Waals surface area contributed by atoms with E-state index in [9.17, 15) is 9.90 Å². The van der Waals surface area contributed by atoms with Crippen molar-refractivity contribution >= 4 is 11.7 Å². The third-order valence-corrected chi connectivity index (χ3v) is 1.40. The average Bonchev–Trinajstić information content (AvgIpc) is 2.08. The highest BCUT2D eigenvalue weighted by molar-refractivity contribution is 5.92. The number of para-hydroxylation sites is 1. The Morgan fingerprint density at radius 2 is 2.23 bits per heavy atom. The number of carboxylic acid groups (broad SMARTS) is 1. The molecule has 0 aliphatic carbocycles. The molecule has 0 amide bonds. The maximum absolute atomic E-state index is 10.5. The first-order valence-corrected chi connectivity index (χ1v) is 3.27. The first-order chi connectivity index (χ1) is 6.16. The van der Waals surface area contributed by atoms with Crippen LogP contribution in [0, 0.1) is 0 Å². The summed E-state index contributed by atoms with van der Waals surface area (Å²) in [5.74, 6) is -1.79. The molecule has 0 saturated carbocycles. The molecule has 13 heavy (non-hydrogen) atoms. The number of phenols is 1. The van der Waals surface area contributed by atoms with Crippen LogP contribution in [0.3, 0.4) is 0 Å². The number of benzene rings is 1. The van der Waals surface area contributed by atoms with Crippen molar-refractivity contribution in [1.29, 1.82) is 0 Å². The van der Waals surface area contributed by atoms with E-state index in [1.807, 2.05) is 0 Å². The van der Waals surface area contributed by atoms with Crippen LogP contribution in [0.1, 0.15) is 10.4 Å². The summed E-state index contributed by atoms with van der Waals surface area (Å²) in [6.45, 7) is 0. The van der Waals surface area contributed by atoms with Crippen molar-refractivity contribution in [2.45, 2.75) is 0 Å². The first kappa shape index (κ1) is 8.89. The number of carbonyl (C=O) groups is 1. The third-order valence-electron chi connectivity index (χ3n) is 1.40. The lowest BCUT2D eigenvalue weighted by molar-refractivity contribution is 0.0694. The van der Waals surface area contributed by atoms with Crippen molar-refractivity contribution in [3.8, 4) is 5.75 Å². The van der Waals surface area contributed by atoms with Gasteiger partial charge in [-0.1, -0.05) is 11.2 Å². The quantitative estimate of drug-likeness (QED) is 0.412. The Bertz CT molecular complexity index is 376. The van der Waals surface area contributed by atoms with Crippen molar-refractivity contribution in [2.75, 3.05) is 0 Å². The van der Waals surface area contributed by atoms with Gasteiger partial charge in [0, 0.05) is 4.91 Å². The number of hydrogen-bond donors (Lipinski definition) is 2. The molecule has 6 nitrogen and oxygen atoms in total. The standard InChI is InChI=1S/C7H5N3O3/c8-10-9-5-3-1-2-4(6(5)11)7(12)13/h1-3,11H,(H,12,13). The molecule has 66 valence electrons. The van der Waals surface area contributed by atoms with Gasteiger partial charge >= 0.3 is 5.97 Å². The highest BCUT2D eigenvalue weighted by atomic mass is 16.4. The van der Waals surface area contributed by atoms with Crippen LogP contribution in [-0.2, 0) is 0 Å². The first-order valence-electron chi connectivity index (χ1n) is 3.27. The van der Waals surface area contributed by atoms with E-state index in [0.717, 1.165) is 0 Å². The molecule has 0 atom stereocenters. The Hall–Kier alpha value is -2.20. The summed E-state index contributed by atoms with van der Waals surface area (Å²) in [6.07, 6.45) is 0. The summed E-state index contributed by atoms with van der Waals surface area (Å²) in [6, 6.07) is 3.92. The van der Waals surface area contributed by atoms with Gasteiger partial charge < -0.3 is 10.2 Å². The lowest BCUT2D eigenvalue weighted by Crippen LogP contribution is -1.95. The van der Waals surface area contributed by atoms with Crippen molar-refractivity contribution < 1.29 is 15.0 Å². The molecule has 1 aromatic carbocycles. The second-order valence-corrected chi connectivity index (χ2v) is 2.17. The Morgan fingerprint density at radius 1 is 1.54 bits per heavy atom. The van der Waals surface area contributed by atoms with Gasteiger partial charge in [-0.15, -0.1) is 0 Å². The van der Waals surface area contributed by atoms with Crippen LogP contribution in [0.4, 0.5) is 5.69 Å². The topological polar surface area (TPSA) is 106 Å². The Morgan fingerprint density at radius 3 is 2.77 bits per heavy atom. The van der Waals surface area contributed by atoms with Crippen LogP contribution in [0.25, 0.3) is 10.4 Å². The largest absolute Gasteiger partial charge is 0.507 e. The number of carboxylic acids is 1. The van der Waals surface area contributed by atoms with Crippen molar-refractivity contribution in [1.82, 2.24) is 0 Å². The molecule has 0 aromatic heterocycles. The van der Waals surface area contributed by atoms with Crippen LogP contribution in [0.15, 0.2) is 23.3 Å². The zero-order valence-corrected chi connectivity index (χ0v) is 6.38. The van der Waals surface area contributed by atoms with E-state index in [4.69, 9.17) is 10.6 Å². The normalized spacial score (nSPS) is 8.92. The van der Waals surface area contributed by atoms with Gasteiger partial charge in [0.05, 0.1) is 5.69 Å². The lowest BCUT2D eigenvalue weighted by Gasteiger charge is -2.00. The molecule has 0 fully saturated rings. The minimum Gasteiger partial charge on any atom is -0.507 e. The molecule has 0 heterocycles. The van der Waals surface area contributed by atoms with E-state index < -0.39 is 11.7 Å². The van der Waals surface area contributed by atoms with Crippen LogP contribution in [0.5, 0.6) is 5.75 Å². The van der Waals surface area contributed by atoms with Crippen LogP contribution >= 0.6 is 0 Å². The summed E-state index contributed by atoms with van der Waals surface area (Å²) in [7, 11) is 0. The fourth-order valence-electron chi connectivity index (χ4n) is 0.833. The van der Waals surface area contributed by atoms with E-state index in [1.165, 1.54) is 18.2 Å². The maximum Gasteiger partial charge on any atom is 0.339 e. The van der Waals surface area contributed by atoms with Crippen LogP contribution in [0.2, 0.25) is 0 Å². The minimum atomic E-state index is -1.27. The highest BCUT2D eigenvalue weighted by Gasteiger charge is 2.11. The number of azide groups is 1. The van der Waals surface area contributed by atoms with Gasteiger partial charge in [0.2, 0.25) is 0 Å². The van der Waals surface area contributed by atoms with E-state index in [1.54, 1.807) is 0 Å². The predicted octanol–water partition coefficient (Wildman–Crippen LogP) is 2.03. The SMILES string of the molecule is [N-]=[N+]=Nc1cccc(C(=O)O)c1O. The van der Waals surface area contributed by atoms with Crippen molar-refractivity contribution in [2.24, 2.45) is 5.11 Å². The molecule has 0 aliphatic heterocycles. The minimum absolute atomic E-state index is 0.0950. The summed E-state index contributed by atoms with van der Waals surface area (Å²) in [4.78, 5) is 12.9. The van der Waals surface area contributed by atoms with E-state index in [-0.39, 0.29) is 11.3 Å². The fraction of sp³-hybridized carbons (Fsp3) is 0. The molecule has 2 N–H and O–H groups in total. The third kappa shape index (κ3) is 1.69. The molecule has 1 rings (SSSR count). The molecular weight excluding hydrogens is 174 g/mol. The van der Waals surface area contributed by atoms with E-state index >= 15 is 0 Å². The van der Waals surface area contributed by atoms with Gasteiger partial charge in [-0.05, 0) is 17.7 Å². The molecule has 0 spiro atoms. The zero-order chi connectivity index (χ0) is 9.84. The Kier molecular flexibility index (Phi) is 2.37. The van der Waals surface area contributed by atoms with Crippen molar-refractivity contribution in [3.05, 3.63) is 34.2 Å². The van der Waals surface area contributed by atoms with Gasteiger partial charge in [-0.2, -0.15) is 0 Å². The Labute approximate surface area is 72.7 Å². The summed E-state index contributed by atoms with van der Waals surface area (Å²) in [5.41, 5.74) is 7.69. The monoisotopic (exact) mass is 179 g/mol. The number of rotatable bonds is 2. The average molecular weight is 179 g/mol. The molecule has 0 unspecified atom stereocenters. The number of hydrogen-bond acceptors (Lipinski definition) is 3. The van der Waals surface area contributed by atoms with Crippen LogP contribution < -0.4 is 0 Å². The summed E-state index contributed by atoms with van der Waals surface area (Å²) < 4.78 is 0. The van der Waals surface area contributed by atoms with E-state index in [2.05, 4.69) is 10.0 Å². The molecule has 0 saturated heterocycles. The number of aromatic carboxylic acids is 1. The summed E-state index contributed by atoms with van der Waals surface area (Å²) in [5, 5.41) is 20.9. The van der Waals surface area contributed by atoms with E-state index in [0.29, 0.717) is 0 Å². The highest BCUT2D eigenvalue weighted by Crippen LogP contribution is 2.29. The predicted molar refractivity (Wildman–Crippen MR) is 43.9 cm³/mol. The van der Waals surface area contributed by atoms with Gasteiger partial charge in [0.15, 0.2) is 0 Å². The van der Waals surface area contributed by atoms with Gasteiger partial charge in [-0.25, -0.2) is 4.79 Å². The number of nitrogens with zero attached hydrogens (tertiary/aromatic N) is 3. The number of aromatic hydroxyl groups is 1. The van der Waals surface area contributed by atoms with Crippen LogP contribution in [-0.4, -0.2) is 16.2 Å². The molecular formula is C7H5N3O3. The van der Waals surface area contributed by atoms with Gasteiger partial charge in [-0.3, -0.25) is 0 Å².